The minimum absolute atomic E-state index is 0.0325. The Kier molecular flexibility index (Phi) is 6.23. The Bertz CT molecular complexity index is 1180. The number of nitrogens with one attached hydrogen (secondary N) is 2. The number of benzene rings is 1. The lowest BCUT2D eigenvalue weighted by Crippen LogP contribution is -2.08. The molecule has 162 valence electrons. The highest BCUT2D eigenvalue weighted by Crippen LogP contribution is 2.35. The fraction of sp³-hybridized carbons (Fsp3) is 0.222. The minimum Gasteiger partial charge on any atom is -0.481 e. The molecule has 4 rings (SSSR count). The Labute approximate surface area is 187 Å². The van der Waals surface area contributed by atoms with Crippen molar-refractivity contribution in [2.75, 3.05) is 18.9 Å². The van der Waals surface area contributed by atoms with Gasteiger partial charge in [-0.1, -0.05) is 6.07 Å². The van der Waals surface area contributed by atoms with Gasteiger partial charge in [-0.05, 0) is 33.9 Å². The third-order valence-electron chi connectivity index (χ3n) is 4.29. The van der Waals surface area contributed by atoms with Gasteiger partial charge in [0.2, 0.25) is 24.1 Å². The van der Waals surface area contributed by atoms with E-state index in [2.05, 4.69) is 45.8 Å². The van der Waals surface area contributed by atoms with Gasteiger partial charge in [-0.3, -0.25) is 4.72 Å². The molecule has 3 heterocycles. The lowest BCUT2D eigenvalue weighted by atomic mass is 10.2. The van der Waals surface area contributed by atoms with Crippen LogP contribution in [0, 0.1) is 0 Å². The molecule has 0 aliphatic carbocycles. The summed E-state index contributed by atoms with van der Waals surface area (Å²) in [5, 5.41) is 9.32. The lowest BCUT2D eigenvalue weighted by molar-refractivity contribution is 0.146. The summed E-state index contributed by atoms with van der Waals surface area (Å²) in [6.45, 7) is 0. The van der Waals surface area contributed by atoms with Crippen LogP contribution in [0.25, 0.3) is 16.6 Å². The van der Waals surface area contributed by atoms with Gasteiger partial charge in [0.1, 0.15) is 5.69 Å². The van der Waals surface area contributed by atoms with E-state index in [4.69, 9.17) is 9.47 Å². The van der Waals surface area contributed by atoms with E-state index in [1.807, 2.05) is 18.3 Å². The van der Waals surface area contributed by atoms with Gasteiger partial charge in [-0.2, -0.15) is 20.2 Å². The van der Waals surface area contributed by atoms with E-state index in [-0.39, 0.29) is 23.3 Å². The van der Waals surface area contributed by atoms with Crippen LogP contribution in [-0.2, 0) is 6.42 Å². The summed E-state index contributed by atoms with van der Waals surface area (Å²) in [6.07, 6.45) is 1.87. The molecule has 0 saturated heterocycles. The van der Waals surface area contributed by atoms with E-state index in [1.54, 1.807) is 12.4 Å². The summed E-state index contributed by atoms with van der Waals surface area (Å²) in [5.41, 5.74) is 1.72. The maximum absolute atomic E-state index is 12.9. The van der Waals surface area contributed by atoms with Gasteiger partial charge in [-0.25, -0.2) is 8.78 Å². The van der Waals surface area contributed by atoms with Crippen molar-refractivity contribution in [3.05, 3.63) is 40.8 Å². The van der Waals surface area contributed by atoms with Crippen molar-refractivity contribution in [3.63, 3.8) is 0 Å². The molecule has 0 bridgehead atoms. The van der Waals surface area contributed by atoms with Crippen LogP contribution >= 0.6 is 27.9 Å². The first-order valence-corrected chi connectivity index (χ1v) is 10.5. The smallest absolute Gasteiger partial charge is 0.243 e. The summed E-state index contributed by atoms with van der Waals surface area (Å²) in [5.74, 6) is 0.229. The van der Waals surface area contributed by atoms with Crippen LogP contribution in [-0.4, -0.2) is 50.6 Å². The Morgan fingerprint density at radius 2 is 1.84 bits per heavy atom. The second kappa shape index (κ2) is 9.06. The van der Waals surface area contributed by atoms with Crippen LogP contribution in [0.1, 0.15) is 5.56 Å². The predicted octanol–water partition coefficient (Wildman–Crippen LogP) is 4.25. The summed E-state index contributed by atoms with van der Waals surface area (Å²) in [6, 6.07) is 3.85. The topological polar surface area (TPSA) is 103 Å². The SMILES string of the molecule is COc1nc(NSc2c[nH]c3c(-n4nccn4)c(Br)ccc23)nc(OC)c1CC(F)F. The number of methoxy groups -OCH3 is 2. The number of hydrogen-bond donors (Lipinski definition) is 2. The second-order valence-corrected chi connectivity index (χ2v) is 7.84. The minimum atomic E-state index is -2.58. The molecule has 0 saturated carbocycles. The molecule has 0 spiro atoms. The van der Waals surface area contributed by atoms with Crippen LogP contribution in [0.5, 0.6) is 11.8 Å². The monoisotopic (exact) mass is 511 g/mol. The van der Waals surface area contributed by atoms with Crippen LogP contribution in [0.4, 0.5) is 14.7 Å². The fourth-order valence-electron chi connectivity index (χ4n) is 3.00. The van der Waals surface area contributed by atoms with E-state index >= 15 is 0 Å². The van der Waals surface area contributed by atoms with Crippen molar-refractivity contribution < 1.29 is 18.3 Å². The van der Waals surface area contributed by atoms with E-state index in [0.29, 0.717) is 0 Å². The van der Waals surface area contributed by atoms with Crippen molar-refractivity contribution in [2.24, 2.45) is 0 Å². The van der Waals surface area contributed by atoms with E-state index in [1.165, 1.54) is 31.0 Å². The molecule has 13 heteroatoms. The maximum Gasteiger partial charge on any atom is 0.243 e. The first-order valence-electron chi connectivity index (χ1n) is 8.88. The predicted molar refractivity (Wildman–Crippen MR) is 115 cm³/mol. The summed E-state index contributed by atoms with van der Waals surface area (Å²) < 4.78 is 40.0. The average Bonchev–Trinajstić information content (AvgIpc) is 3.42. The highest BCUT2D eigenvalue weighted by Gasteiger charge is 2.20. The number of aromatic nitrogens is 6. The average molecular weight is 512 g/mol. The zero-order valence-electron chi connectivity index (χ0n) is 16.3. The molecule has 1 aromatic carbocycles. The zero-order valence-corrected chi connectivity index (χ0v) is 18.7. The molecule has 9 nitrogen and oxygen atoms in total. The zero-order chi connectivity index (χ0) is 22.0. The number of rotatable bonds is 8. The number of aromatic amines is 1. The van der Waals surface area contributed by atoms with E-state index in [9.17, 15) is 8.78 Å². The van der Waals surface area contributed by atoms with E-state index < -0.39 is 12.8 Å². The number of nitrogens with zero attached hydrogens (tertiary/aromatic N) is 5. The third-order valence-corrected chi connectivity index (χ3v) is 5.77. The Morgan fingerprint density at radius 3 is 2.45 bits per heavy atom. The molecule has 3 aromatic heterocycles. The van der Waals surface area contributed by atoms with Crippen LogP contribution < -0.4 is 14.2 Å². The van der Waals surface area contributed by atoms with Gasteiger partial charge in [0.05, 0.1) is 42.6 Å². The molecule has 0 unspecified atom stereocenters. The largest absolute Gasteiger partial charge is 0.481 e. The van der Waals surface area contributed by atoms with E-state index in [0.717, 1.165) is 26.0 Å². The molecule has 0 radical (unpaired) electrons. The number of H-pyrrole nitrogens is 1. The van der Waals surface area contributed by atoms with Gasteiger partial charge in [0.15, 0.2) is 0 Å². The van der Waals surface area contributed by atoms with Crippen LogP contribution in [0.2, 0.25) is 0 Å². The van der Waals surface area contributed by atoms with Crippen molar-refractivity contribution in [2.45, 2.75) is 17.7 Å². The lowest BCUT2D eigenvalue weighted by Gasteiger charge is -2.13. The molecular weight excluding hydrogens is 496 g/mol. The van der Waals surface area contributed by atoms with Gasteiger partial charge in [0, 0.05) is 22.5 Å². The highest BCUT2D eigenvalue weighted by molar-refractivity contribution is 9.10. The first kappa shape index (κ1) is 21.3. The molecular formula is C18H16BrF2N7O2S. The number of anilines is 1. The molecule has 0 amide bonds. The summed E-state index contributed by atoms with van der Waals surface area (Å²) in [4.78, 5) is 14.0. The summed E-state index contributed by atoms with van der Waals surface area (Å²) >= 11 is 4.78. The normalized spacial score (nSPS) is 11.3. The molecule has 31 heavy (non-hydrogen) atoms. The second-order valence-electron chi connectivity index (χ2n) is 6.13. The Morgan fingerprint density at radius 1 is 1.16 bits per heavy atom. The van der Waals surface area contributed by atoms with Crippen molar-refractivity contribution >= 4 is 44.7 Å². The van der Waals surface area contributed by atoms with Gasteiger partial charge in [-0.15, -0.1) is 4.80 Å². The maximum atomic E-state index is 12.9. The van der Waals surface area contributed by atoms with Crippen LogP contribution in [0.15, 0.2) is 40.1 Å². The van der Waals surface area contributed by atoms with Gasteiger partial charge < -0.3 is 14.5 Å². The number of fused-ring (bicyclic) bond motifs is 1. The fourth-order valence-corrected chi connectivity index (χ4v) is 4.18. The Hall–Kier alpha value is -2.93. The first-order chi connectivity index (χ1) is 15.0. The van der Waals surface area contributed by atoms with Gasteiger partial charge >= 0.3 is 0 Å². The summed E-state index contributed by atoms with van der Waals surface area (Å²) in [7, 11) is 2.71. The molecule has 0 fully saturated rings. The Balaban J connectivity index is 1.63. The quantitative estimate of drug-likeness (QED) is 0.338. The van der Waals surface area contributed by atoms with Crippen LogP contribution in [0.3, 0.4) is 0 Å². The van der Waals surface area contributed by atoms with Crippen molar-refractivity contribution in [1.82, 2.24) is 29.9 Å². The van der Waals surface area contributed by atoms with Gasteiger partial charge in [0.25, 0.3) is 0 Å². The molecule has 0 atom stereocenters. The highest BCUT2D eigenvalue weighted by atomic mass is 79.9. The molecule has 0 aliphatic rings. The molecule has 2 N–H and O–H groups in total. The molecule has 0 aliphatic heterocycles. The molecule has 4 aromatic rings. The van der Waals surface area contributed by atoms with Crippen molar-refractivity contribution in [1.29, 1.82) is 0 Å². The number of ether oxygens (including phenoxy) is 2. The standard InChI is InChI=1S/C18H16BrF2N7O2S/c1-29-16-10(7-13(20)21)17(30-2)26-18(25-16)27-31-12-8-22-14-9(12)3-4-11(19)15(14)28-23-5-6-24-28/h3-6,8,13,22H,7H2,1-2H3,(H,25,26,27). The van der Waals surface area contributed by atoms with Crippen molar-refractivity contribution in [3.8, 4) is 17.4 Å². The number of alkyl halides is 2. The third kappa shape index (κ3) is 4.28. The number of halogens is 3. The number of hydrogen-bond acceptors (Lipinski definition) is 8.